The van der Waals surface area contributed by atoms with Crippen LogP contribution in [0.25, 0.3) is 5.69 Å². The molecule has 0 bridgehead atoms. The maximum absolute atomic E-state index is 4.26. The molecule has 0 radical (unpaired) electrons. The van der Waals surface area contributed by atoms with Crippen molar-refractivity contribution in [3.05, 3.63) is 48.3 Å². The van der Waals surface area contributed by atoms with Gasteiger partial charge in [-0.3, -0.25) is 0 Å². The largest absolute Gasteiger partial charge is 0.309 e. The molecule has 1 unspecified atom stereocenters. The molecule has 0 fully saturated rings. The lowest BCUT2D eigenvalue weighted by Crippen LogP contribution is -2.36. The minimum atomic E-state index is 0.480. The molecule has 108 valence electrons. The Bertz CT molecular complexity index is 507. The van der Waals surface area contributed by atoms with Gasteiger partial charge in [0.15, 0.2) is 0 Å². The lowest BCUT2D eigenvalue weighted by atomic mass is 10.2. The van der Waals surface area contributed by atoms with Crippen LogP contribution in [-0.4, -0.2) is 40.9 Å². The molecule has 4 heteroatoms. The van der Waals surface area contributed by atoms with E-state index in [0.717, 1.165) is 25.3 Å². The van der Waals surface area contributed by atoms with Gasteiger partial charge in [0.1, 0.15) is 0 Å². The summed E-state index contributed by atoms with van der Waals surface area (Å²) in [5.74, 6) is 0. The van der Waals surface area contributed by atoms with Crippen molar-refractivity contribution in [2.75, 3.05) is 20.1 Å². The van der Waals surface area contributed by atoms with E-state index < -0.39 is 0 Å². The molecule has 2 rings (SSSR count). The third-order valence-electron chi connectivity index (χ3n) is 3.46. The normalized spacial score (nSPS) is 12.8. The summed E-state index contributed by atoms with van der Waals surface area (Å²) in [5, 5.41) is 7.83. The molecule has 1 aromatic heterocycles. The van der Waals surface area contributed by atoms with E-state index >= 15 is 0 Å². The number of hydrogen-bond donors (Lipinski definition) is 1. The first-order valence-electron chi connectivity index (χ1n) is 7.20. The van der Waals surface area contributed by atoms with Gasteiger partial charge in [0.2, 0.25) is 0 Å². The van der Waals surface area contributed by atoms with Crippen LogP contribution in [0.5, 0.6) is 0 Å². The van der Waals surface area contributed by atoms with Gasteiger partial charge in [0.25, 0.3) is 0 Å². The zero-order valence-electron chi connectivity index (χ0n) is 12.6. The van der Waals surface area contributed by atoms with Crippen LogP contribution < -0.4 is 5.32 Å². The van der Waals surface area contributed by atoms with E-state index in [1.807, 2.05) is 16.9 Å². The van der Waals surface area contributed by atoms with Crippen LogP contribution in [0.4, 0.5) is 0 Å². The van der Waals surface area contributed by atoms with Crippen LogP contribution in [0.3, 0.4) is 0 Å². The molecule has 1 N–H and O–H groups in total. The summed E-state index contributed by atoms with van der Waals surface area (Å²) in [6.07, 6.45) is 3.76. The zero-order valence-corrected chi connectivity index (χ0v) is 12.6. The Hall–Kier alpha value is -1.65. The lowest BCUT2D eigenvalue weighted by Gasteiger charge is -2.20. The average Bonchev–Trinajstić information content (AvgIpc) is 2.99. The second-order valence-electron chi connectivity index (χ2n) is 5.26. The van der Waals surface area contributed by atoms with Crippen molar-refractivity contribution >= 4 is 0 Å². The highest BCUT2D eigenvalue weighted by atomic mass is 15.3. The highest BCUT2D eigenvalue weighted by molar-refractivity contribution is 5.34. The van der Waals surface area contributed by atoms with E-state index in [9.17, 15) is 0 Å². The standard InChI is InChI=1S/C16H24N4/c1-4-19(3)13-14(2)17-12-15-7-5-8-16(11-15)20-10-6-9-18-20/h5-11,14,17H,4,12-13H2,1-3H3. The quantitative estimate of drug-likeness (QED) is 0.839. The molecule has 0 amide bonds. The zero-order chi connectivity index (χ0) is 14.4. The fourth-order valence-corrected chi connectivity index (χ4v) is 2.18. The van der Waals surface area contributed by atoms with Crippen molar-refractivity contribution in [3.63, 3.8) is 0 Å². The maximum atomic E-state index is 4.26. The number of rotatable bonds is 7. The van der Waals surface area contributed by atoms with Gasteiger partial charge < -0.3 is 10.2 Å². The topological polar surface area (TPSA) is 33.1 Å². The van der Waals surface area contributed by atoms with Gasteiger partial charge in [-0.2, -0.15) is 5.10 Å². The third kappa shape index (κ3) is 4.18. The van der Waals surface area contributed by atoms with Crippen molar-refractivity contribution in [1.29, 1.82) is 0 Å². The first kappa shape index (κ1) is 14.8. The molecule has 0 aliphatic carbocycles. The summed E-state index contributed by atoms with van der Waals surface area (Å²) in [6.45, 7) is 7.44. The predicted octanol–water partition coefficient (Wildman–Crippen LogP) is 2.30. The van der Waals surface area contributed by atoms with E-state index in [2.05, 4.69) is 60.5 Å². The minimum absolute atomic E-state index is 0.480. The van der Waals surface area contributed by atoms with Crippen molar-refractivity contribution in [3.8, 4) is 5.69 Å². The summed E-state index contributed by atoms with van der Waals surface area (Å²) in [7, 11) is 2.15. The Kier molecular flexibility index (Phi) is 5.32. The van der Waals surface area contributed by atoms with Crippen LogP contribution in [0.1, 0.15) is 19.4 Å². The number of nitrogens with zero attached hydrogens (tertiary/aromatic N) is 3. The monoisotopic (exact) mass is 272 g/mol. The Labute approximate surface area is 121 Å². The summed E-state index contributed by atoms with van der Waals surface area (Å²) in [6, 6.07) is 10.9. The molecule has 1 atom stereocenters. The van der Waals surface area contributed by atoms with Gasteiger partial charge in [-0.15, -0.1) is 0 Å². The molecule has 0 aliphatic rings. The highest BCUT2D eigenvalue weighted by Gasteiger charge is 2.05. The number of likely N-dealkylation sites (N-methyl/N-ethyl adjacent to an activating group) is 1. The van der Waals surface area contributed by atoms with Crippen LogP contribution >= 0.6 is 0 Å². The molecule has 20 heavy (non-hydrogen) atoms. The van der Waals surface area contributed by atoms with Crippen molar-refractivity contribution in [1.82, 2.24) is 20.0 Å². The summed E-state index contributed by atoms with van der Waals surface area (Å²) >= 11 is 0. The molecular formula is C16H24N4. The Morgan fingerprint density at radius 3 is 2.90 bits per heavy atom. The second kappa shape index (κ2) is 7.22. The smallest absolute Gasteiger partial charge is 0.0648 e. The minimum Gasteiger partial charge on any atom is -0.309 e. The molecular weight excluding hydrogens is 248 g/mol. The number of hydrogen-bond acceptors (Lipinski definition) is 3. The van der Waals surface area contributed by atoms with Crippen molar-refractivity contribution < 1.29 is 0 Å². The first-order chi connectivity index (χ1) is 9.69. The summed E-state index contributed by atoms with van der Waals surface area (Å²) in [5.41, 5.74) is 2.39. The van der Waals surface area contributed by atoms with Crippen molar-refractivity contribution in [2.45, 2.75) is 26.4 Å². The summed E-state index contributed by atoms with van der Waals surface area (Å²) < 4.78 is 1.89. The molecule has 4 nitrogen and oxygen atoms in total. The fraction of sp³-hybridized carbons (Fsp3) is 0.438. The predicted molar refractivity (Wildman–Crippen MR) is 83.0 cm³/mol. The van der Waals surface area contributed by atoms with Crippen LogP contribution in [0.2, 0.25) is 0 Å². The molecule has 1 heterocycles. The molecule has 0 saturated heterocycles. The molecule has 1 aromatic carbocycles. The van der Waals surface area contributed by atoms with Crippen LogP contribution in [-0.2, 0) is 6.54 Å². The van der Waals surface area contributed by atoms with Gasteiger partial charge in [-0.25, -0.2) is 4.68 Å². The molecule has 2 aromatic rings. The van der Waals surface area contributed by atoms with Gasteiger partial charge >= 0.3 is 0 Å². The van der Waals surface area contributed by atoms with Crippen LogP contribution in [0, 0.1) is 0 Å². The van der Waals surface area contributed by atoms with Crippen molar-refractivity contribution in [2.24, 2.45) is 0 Å². The van der Waals surface area contributed by atoms with E-state index in [4.69, 9.17) is 0 Å². The van der Waals surface area contributed by atoms with E-state index in [1.54, 1.807) is 6.20 Å². The highest BCUT2D eigenvalue weighted by Crippen LogP contribution is 2.09. The fourth-order valence-electron chi connectivity index (χ4n) is 2.18. The Morgan fingerprint density at radius 2 is 2.20 bits per heavy atom. The van der Waals surface area contributed by atoms with Crippen LogP contribution in [0.15, 0.2) is 42.7 Å². The Morgan fingerprint density at radius 1 is 1.35 bits per heavy atom. The maximum Gasteiger partial charge on any atom is 0.0648 e. The van der Waals surface area contributed by atoms with Gasteiger partial charge in [-0.1, -0.05) is 19.1 Å². The second-order valence-corrected chi connectivity index (χ2v) is 5.26. The Balaban J connectivity index is 1.92. The van der Waals surface area contributed by atoms with E-state index in [-0.39, 0.29) is 0 Å². The van der Waals surface area contributed by atoms with Gasteiger partial charge in [0, 0.05) is 31.5 Å². The number of benzene rings is 1. The lowest BCUT2D eigenvalue weighted by molar-refractivity contribution is 0.309. The first-order valence-corrected chi connectivity index (χ1v) is 7.20. The molecule has 0 spiro atoms. The van der Waals surface area contributed by atoms with E-state index in [1.165, 1.54) is 5.56 Å². The molecule has 0 saturated carbocycles. The number of aromatic nitrogens is 2. The SMILES string of the molecule is CCN(C)CC(C)NCc1cccc(-n2cccn2)c1. The van der Waals surface area contributed by atoms with Gasteiger partial charge in [0.05, 0.1) is 5.69 Å². The van der Waals surface area contributed by atoms with E-state index in [0.29, 0.717) is 6.04 Å². The molecule has 0 aliphatic heterocycles. The number of nitrogens with one attached hydrogen (secondary N) is 1. The third-order valence-corrected chi connectivity index (χ3v) is 3.46. The summed E-state index contributed by atoms with van der Waals surface area (Å²) in [4.78, 5) is 2.32. The average molecular weight is 272 g/mol. The van der Waals surface area contributed by atoms with Gasteiger partial charge in [-0.05, 0) is 44.3 Å².